The molecule has 1 saturated heterocycles. The number of sulfonamides is 1. The maximum Gasteiger partial charge on any atom is 0.248 e. The highest BCUT2D eigenvalue weighted by Gasteiger charge is 2.36. The van der Waals surface area contributed by atoms with Gasteiger partial charge in [-0.2, -0.15) is 4.31 Å². The summed E-state index contributed by atoms with van der Waals surface area (Å²) in [5.74, 6) is 0.327. The van der Waals surface area contributed by atoms with Gasteiger partial charge in [-0.3, -0.25) is 4.79 Å². The predicted octanol–water partition coefficient (Wildman–Crippen LogP) is 2.28. The Morgan fingerprint density at radius 3 is 2.43 bits per heavy atom. The van der Waals surface area contributed by atoms with Crippen LogP contribution in [-0.4, -0.2) is 48.3 Å². The van der Waals surface area contributed by atoms with Crippen LogP contribution in [0.4, 0.5) is 0 Å². The van der Waals surface area contributed by atoms with Crippen LogP contribution in [0, 0.1) is 19.8 Å². The highest BCUT2D eigenvalue weighted by molar-refractivity contribution is 7.89. The normalized spacial score (nSPS) is 18.9. The van der Waals surface area contributed by atoms with Crippen molar-refractivity contribution in [3.63, 3.8) is 0 Å². The largest absolute Gasteiger partial charge is 0.360 e. The maximum atomic E-state index is 13.0. The van der Waals surface area contributed by atoms with Crippen molar-refractivity contribution >= 4 is 15.9 Å². The quantitative estimate of drug-likeness (QED) is 0.785. The molecule has 7 nitrogen and oxygen atoms in total. The van der Waals surface area contributed by atoms with E-state index in [4.69, 9.17) is 4.52 Å². The third-order valence-electron chi connectivity index (χ3n) is 5.81. The lowest BCUT2D eigenvalue weighted by Gasteiger charge is -2.35. The summed E-state index contributed by atoms with van der Waals surface area (Å²) in [5.41, 5.74) is 2.90. The van der Waals surface area contributed by atoms with E-state index in [-0.39, 0.29) is 16.7 Å². The fourth-order valence-corrected chi connectivity index (χ4v) is 6.02. The van der Waals surface area contributed by atoms with Crippen LogP contribution in [0.1, 0.15) is 35.4 Å². The molecule has 2 aliphatic heterocycles. The molecule has 0 radical (unpaired) electrons. The van der Waals surface area contributed by atoms with Crippen molar-refractivity contribution < 1.29 is 17.7 Å². The van der Waals surface area contributed by atoms with Crippen LogP contribution in [0.2, 0.25) is 0 Å². The molecule has 2 aliphatic rings. The zero-order valence-electron chi connectivity index (χ0n) is 16.2. The second-order valence-electron chi connectivity index (χ2n) is 7.61. The molecule has 1 amide bonds. The average Bonchev–Trinajstić information content (AvgIpc) is 3.06. The number of rotatable bonds is 3. The van der Waals surface area contributed by atoms with Crippen LogP contribution in [-0.2, 0) is 27.8 Å². The molecular formula is C20H25N3O4S. The number of carbonyl (C=O) groups is 1. The number of hydrogen-bond acceptors (Lipinski definition) is 5. The minimum atomic E-state index is -3.64. The number of nitrogens with zero attached hydrogens (tertiary/aromatic N) is 3. The summed E-state index contributed by atoms with van der Waals surface area (Å²) in [6, 6.07) is 8.24. The molecule has 0 N–H and O–H groups in total. The summed E-state index contributed by atoms with van der Waals surface area (Å²) in [7, 11) is -3.64. The predicted molar refractivity (Wildman–Crippen MR) is 103 cm³/mol. The third kappa shape index (κ3) is 3.35. The molecule has 0 atom stereocenters. The number of hydrogen-bond donors (Lipinski definition) is 0. The van der Waals surface area contributed by atoms with Gasteiger partial charge >= 0.3 is 0 Å². The first kappa shape index (κ1) is 19.1. The molecule has 0 spiro atoms. The first-order chi connectivity index (χ1) is 13.4. The molecule has 0 unspecified atom stereocenters. The van der Waals surface area contributed by atoms with Gasteiger partial charge in [0, 0.05) is 32.1 Å². The lowest BCUT2D eigenvalue weighted by molar-refractivity contribution is -0.137. The SMILES string of the molecule is Cc1noc(C)c1S(=O)(=O)N1CCC(C(=O)N2CCc3ccccc3C2)CC1. The fourth-order valence-electron chi connectivity index (χ4n) is 4.26. The lowest BCUT2D eigenvalue weighted by Crippen LogP contribution is -2.45. The number of benzene rings is 1. The van der Waals surface area contributed by atoms with Crippen LogP contribution < -0.4 is 0 Å². The van der Waals surface area contributed by atoms with Gasteiger partial charge in [0.25, 0.3) is 0 Å². The van der Waals surface area contributed by atoms with E-state index in [1.165, 1.54) is 15.4 Å². The molecule has 1 aromatic carbocycles. The van der Waals surface area contributed by atoms with Gasteiger partial charge in [0.15, 0.2) is 5.76 Å². The molecular weight excluding hydrogens is 378 g/mol. The highest BCUT2D eigenvalue weighted by atomic mass is 32.2. The number of carbonyl (C=O) groups excluding carboxylic acids is 1. The summed E-state index contributed by atoms with van der Waals surface area (Å²) in [6.45, 7) is 5.30. The molecule has 0 saturated carbocycles. The standard InChI is InChI=1S/C20H25N3O4S/c1-14-19(15(2)27-21-14)28(25,26)23-11-8-17(9-12-23)20(24)22-10-7-16-5-3-4-6-18(16)13-22/h3-6,17H,7-13H2,1-2H3. The molecule has 1 fully saturated rings. The molecule has 1 aromatic heterocycles. The van der Waals surface area contributed by atoms with Gasteiger partial charge in [0.1, 0.15) is 10.6 Å². The van der Waals surface area contributed by atoms with Gasteiger partial charge in [-0.25, -0.2) is 8.42 Å². The molecule has 28 heavy (non-hydrogen) atoms. The summed E-state index contributed by atoms with van der Waals surface area (Å²) in [5, 5.41) is 3.76. The van der Waals surface area contributed by atoms with Crippen molar-refractivity contribution in [3.8, 4) is 0 Å². The fraction of sp³-hybridized carbons (Fsp3) is 0.500. The van der Waals surface area contributed by atoms with Crippen molar-refractivity contribution in [2.75, 3.05) is 19.6 Å². The van der Waals surface area contributed by atoms with Crippen molar-refractivity contribution in [2.45, 2.75) is 44.6 Å². The number of aromatic nitrogens is 1. The van der Waals surface area contributed by atoms with Gasteiger partial charge < -0.3 is 9.42 Å². The Hall–Kier alpha value is -2.19. The van der Waals surface area contributed by atoms with Crippen LogP contribution in [0.3, 0.4) is 0 Å². The number of amides is 1. The number of aryl methyl sites for hydroxylation is 2. The van der Waals surface area contributed by atoms with E-state index in [1.807, 2.05) is 17.0 Å². The molecule has 8 heteroatoms. The van der Waals surface area contributed by atoms with Crippen molar-refractivity contribution in [3.05, 3.63) is 46.8 Å². The monoisotopic (exact) mass is 403 g/mol. The highest BCUT2D eigenvalue weighted by Crippen LogP contribution is 2.29. The minimum absolute atomic E-state index is 0.124. The van der Waals surface area contributed by atoms with E-state index < -0.39 is 10.0 Å². The maximum absolute atomic E-state index is 13.0. The molecule has 0 aliphatic carbocycles. The zero-order chi connectivity index (χ0) is 19.9. The molecule has 3 heterocycles. The summed E-state index contributed by atoms with van der Waals surface area (Å²) in [4.78, 5) is 15.1. The topological polar surface area (TPSA) is 83.7 Å². The summed E-state index contributed by atoms with van der Waals surface area (Å²) < 4.78 is 32.3. The second kappa shape index (κ2) is 7.33. The Labute approximate surface area is 165 Å². The van der Waals surface area contributed by atoms with Crippen LogP contribution in [0.5, 0.6) is 0 Å². The van der Waals surface area contributed by atoms with Crippen LogP contribution >= 0.6 is 0 Å². The van der Waals surface area contributed by atoms with Gasteiger partial charge in [0.2, 0.25) is 15.9 Å². The van der Waals surface area contributed by atoms with Gasteiger partial charge in [-0.05, 0) is 44.2 Å². The Morgan fingerprint density at radius 2 is 1.79 bits per heavy atom. The average molecular weight is 404 g/mol. The Balaban J connectivity index is 1.41. The van der Waals surface area contributed by atoms with E-state index in [2.05, 4.69) is 17.3 Å². The van der Waals surface area contributed by atoms with E-state index in [0.29, 0.717) is 43.9 Å². The number of fused-ring (bicyclic) bond motifs is 1. The minimum Gasteiger partial charge on any atom is -0.360 e. The van der Waals surface area contributed by atoms with Gasteiger partial charge in [-0.15, -0.1) is 0 Å². The molecule has 4 rings (SSSR count). The summed E-state index contributed by atoms with van der Waals surface area (Å²) in [6.07, 6.45) is 1.96. The molecule has 0 bridgehead atoms. The first-order valence-corrected chi connectivity index (χ1v) is 11.1. The third-order valence-corrected chi connectivity index (χ3v) is 7.95. The second-order valence-corrected chi connectivity index (χ2v) is 9.48. The van der Waals surface area contributed by atoms with Crippen LogP contribution in [0.15, 0.2) is 33.7 Å². The van der Waals surface area contributed by atoms with Crippen molar-refractivity contribution in [2.24, 2.45) is 5.92 Å². The Bertz CT molecular complexity index is 971. The lowest BCUT2D eigenvalue weighted by atomic mass is 9.94. The Kier molecular flexibility index (Phi) is 5.01. The van der Waals surface area contributed by atoms with Crippen LogP contribution in [0.25, 0.3) is 0 Å². The molecule has 150 valence electrons. The Morgan fingerprint density at radius 1 is 1.11 bits per heavy atom. The van der Waals surface area contributed by atoms with Gasteiger partial charge in [0.05, 0.1) is 0 Å². The van der Waals surface area contributed by atoms with Crippen molar-refractivity contribution in [1.82, 2.24) is 14.4 Å². The molecule has 2 aromatic rings. The smallest absolute Gasteiger partial charge is 0.248 e. The number of piperidine rings is 1. The van der Waals surface area contributed by atoms with E-state index in [1.54, 1.807) is 13.8 Å². The van der Waals surface area contributed by atoms with E-state index in [0.717, 1.165) is 13.0 Å². The van der Waals surface area contributed by atoms with E-state index >= 15 is 0 Å². The first-order valence-electron chi connectivity index (χ1n) is 9.66. The van der Waals surface area contributed by atoms with Crippen molar-refractivity contribution in [1.29, 1.82) is 0 Å². The summed E-state index contributed by atoms with van der Waals surface area (Å²) >= 11 is 0. The van der Waals surface area contributed by atoms with Gasteiger partial charge in [-0.1, -0.05) is 29.4 Å². The van der Waals surface area contributed by atoms with E-state index in [9.17, 15) is 13.2 Å². The zero-order valence-corrected chi connectivity index (χ0v) is 17.0.